The third kappa shape index (κ3) is 3.94. The number of aromatic amines is 1. The van der Waals surface area contributed by atoms with Crippen LogP contribution in [0.4, 0.5) is 5.13 Å². The van der Waals surface area contributed by atoms with Gasteiger partial charge in [-0.25, -0.2) is 4.98 Å². The summed E-state index contributed by atoms with van der Waals surface area (Å²) in [7, 11) is 0. The van der Waals surface area contributed by atoms with Crippen molar-refractivity contribution in [3.8, 4) is 0 Å². The molecule has 2 aromatic rings. The molecule has 1 amide bonds. The molecule has 3 N–H and O–H groups in total. The molecule has 1 fully saturated rings. The fourth-order valence-corrected chi connectivity index (χ4v) is 3.83. The van der Waals surface area contributed by atoms with E-state index in [4.69, 9.17) is 11.6 Å². The Morgan fingerprint density at radius 2 is 2.24 bits per heavy atom. The van der Waals surface area contributed by atoms with Crippen molar-refractivity contribution < 1.29 is 9.90 Å². The highest BCUT2D eigenvalue weighted by Gasteiger charge is 2.31. The highest BCUT2D eigenvalue weighted by atomic mass is 35.5. The number of anilines is 1. The van der Waals surface area contributed by atoms with Gasteiger partial charge < -0.3 is 20.3 Å². The average Bonchev–Trinajstić information content (AvgIpc) is 3.23. The summed E-state index contributed by atoms with van der Waals surface area (Å²) < 4.78 is 0. The van der Waals surface area contributed by atoms with Gasteiger partial charge >= 0.3 is 0 Å². The lowest BCUT2D eigenvalue weighted by Crippen LogP contribution is -2.54. The third-order valence-electron chi connectivity index (χ3n) is 4.22. The number of aliphatic hydroxyl groups is 1. The van der Waals surface area contributed by atoms with Gasteiger partial charge in [0.25, 0.3) is 5.91 Å². The summed E-state index contributed by atoms with van der Waals surface area (Å²) in [5, 5.41) is 23.6. The van der Waals surface area contributed by atoms with Crippen LogP contribution in [-0.2, 0) is 12.8 Å². The minimum atomic E-state index is -0.692. The van der Waals surface area contributed by atoms with Crippen LogP contribution in [0.1, 0.15) is 41.6 Å². The van der Waals surface area contributed by atoms with E-state index in [0.29, 0.717) is 31.1 Å². The summed E-state index contributed by atoms with van der Waals surface area (Å²) >= 11 is 7.51. The lowest BCUT2D eigenvalue weighted by Gasteiger charge is -2.35. The SMILES string of the molecule is CCc1nnc(N2CCC(NC(=O)c3nc(Cl)c(CC)[nH]3)C(O)C2)s1. The number of nitrogens with one attached hydrogen (secondary N) is 2. The van der Waals surface area contributed by atoms with Crippen molar-refractivity contribution in [1.29, 1.82) is 0 Å². The van der Waals surface area contributed by atoms with E-state index in [1.165, 1.54) is 11.3 Å². The molecule has 1 aliphatic heterocycles. The lowest BCUT2D eigenvalue weighted by molar-refractivity contribution is 0.0790. The van der Waals surface area contributed by atoms with E-state index in [1.54, 1.807) is 0 Å². The van der Waals surface area contributed by atoms with Gasteiger partial charge in [0.05, 0.1) is 17.8 Å². The normalized spacial score (nSPS) is 20.7. The standard InChI is InChI=1S/C15H21ClN6O2S/c1-3-8-12(16)19-13(17-8)14(24)18-9-5-6-22(7-10(9)23)15-21-20-11(4-2)25-15/h9-10,23H,3-7H2,1-2H3,(H,17,19)(H,18,24). The molecule has 0 saturated carbocycles. The van der Waals surface area contributed by atoms with Crippen LogP contribution in [-0.4, -0.2) is 56.4 Å². The van der Waals surface area contributed by atoms with Gasteiger partial charge in [0.15, 0.2) is 11.0 Å². The lowest BCUT2D eigenvalue weighted by atomic mass is 10.0. The van der Waals surface area contributed by atoms with Gasteiger partial charge in [0, 0.05) is 13.1 Å². The van der Waals surface area contributed by atoms with Crippen molar-refractivity contribution in [1.82, 2.24) is 25.5 Å². The number of H-pyrrole nitrogens is 1. The first-order chi connectivity index (χ1) is 12.0. The van der Waals surface area contributed by atoms with Crippen molar-refractivity contribution in [2.24, 2.45) is 0 Å². The molecular weight excluding hydrogens is 364 g/mol. The second-order valence-corrected chi connectivity index (χ2v) is 7.32. The van der Waals surface area contributed by atoms with Gasteiger partial charge in [-0.1, -0.05) is 36.8 Å². The van der Waals surface area contributed by atoms with Crippen LogP contribution in [0.25, 0.3) is 0 Å². The molecule has 8 nitrogen and oxygen atoms in total. The molecule has 0 aromatic carbocycles. The number of β-amino-alcohol motifs (C(OH)–C–C–N with tert-alkyl or cyclic N) is 1. The molecule has 2 atom stereocenters. The van der Waals surface area contributed by atoms with E-state index >= 15 is 0 Å². The second kappa shape index (κ2) is 7.67. The molecule has 2 aromatic heterocycles. The first-order valence-corrected chi connectivity index (χ1v) is 9.51. The number of nitrogens with zero attached hydrogens (tertiary/aromatic N) is 4. The number of amides is 1. The quantitative estimate of drug-likeness (QED) is 0.719. The van der Waals surface area contributed by atoms with Gasteiger partial charge in [0.1, 0.15) is 5.01 Å². The predicted octanol–water partition coefficient (Wildman–Crippen LogP) is 1.41. The predicted molar refractivity (Wildman–Crippen MR) is 96.4 cm³/mol. The number of imidazole rings is 1. The first-order valence-electron chi connectivity index (χ1n) is 8.32. The molecular formula is C15H21ClN6O2S. The van der Waals surface area contributed by atoms with Crippen LogP contribution in [0.2, 0.25) is 5.15 Å². The van der Waals surface area contributed by atoms with Gasteiger partial charge in [-0.3, -0.25) is 4.79 Å². The number of aryl methyl sites for hydroxylation is 2. The minimum Gasteiger partial charge on any atom is -0.389 e. The van der Waals surface area contributed by atoms with Crippen LogP contribution in [0.15, 0.2) is 0 Å². The molecule has 2 unspecified atom stereocenters. The highest BCUT2D eigenvalue weighted by Crippen LogP contribution is 2.24. The zero-order valence-corrected chi connectivity index (χ0v) is 15.7. The zero-order valence-electron chi connectivity index (χ0n) is 14.1. The van der Waals surface area contributed by atoms with Crippen LogP contribution < -0.4 is 10.2 Å². The average molecular weight is 385 g/mol. The van der Waals surface area contributed by atoms with Gasteiger partial charge in [-0.15, -0.1) is 10.2 Å². The van der Waals surface area contributed by atoms with Crippen molar-refractivity contribution in [2.75, 3.05) is 18.0 Å². The van der Waals surface area contributed by atoms with E-state index in [-0.39, 0.29) is 17.8 Å². The summed E-state index contributed by atoms with van der Waals surface area (Å²) in [6.07, 6.45) is 1.44. The third-order valence-corrected chi connectivity index (χ3v) is 5.67. The van der Waals surface area contributed by atoms with Crippen molar-refractivity contribution in [3.05, 3.63) is 21.7 Å². The van der Waals surface area contributed by atoms with Gasteiger partial charge in [-0.2, -0.15) is 0 Å². The Kier molecular flexibility index (Phi) is 5.55. The van der Waals surface area contributed by atoms with Crippen molar-refractivity contribution in [3.63, 3.8) is 0 Å². The van der Waals surface area contributed by atoms with E-state index in [9.17, 15) is 9.90 Å². The molecule has 1 aliphatic rings. The summed E-state index contributed by atoms with van der Waals surface area (Å²) in [5.74, 6) is -0.184. The largest absolute Gasteiger partial charge is 0.389 e. The van der Waals surface area contributed by atoms with E-state index in [1.807, 2.05) is 18.7 Å². The van der Waals surface area contributed by atoms with Crippen molar-refractivity contribution in [2.45, 2.75) is 45.3 Å². The number of rotatable bonds is 5. The molecule has 0 spiro atoms. The number of carbonyl (C=O) groups is 1. The Balaban J connectivity index is 1.60. The molecule has 0 radical (unpaired) electrons. The monoisotopic (exact) mass is 384 g/mol. The molecule has 0 aliphatic carbocycles. The van der Waals surface area contributed by atoms with E-state index in [0.717, 1.165) is 22.3 Å². The molecule has 136 valence electrons. The van der Waals surface area contributed by atoms with Gasteiger partial charge in [0.2, 0.25) is 5.13 Å². The Labute approximate surface area is 154 Å². The number of hydrogen-bond acceptors (Lipinski definition) is 7. The number of piperidine rings is 1. The van der Waals surface area contributed by atoms with Crippen LogP contribution in [0.5, 0.6) is 0 Å². The van der Waals surface area contributed by atoms with Crippen LogP contribution >= 0.6 is 22.9 Å². The van der Waals surface area contributed by atoms with Gasteiger partial charge in [-0.05, 0) is 19.3 Å². The number of aliphatic hydroxyl groups excluding tert-OH is 1. The van der Waals surface area contributed by atoms with E-state index < -0.39 is 6.10 Å². The molecule has 3 heterocycles. The molecule has 3 rings (SSSR count). The maximum Gasteiger partial charge on any atom is 0.287 e. The maximum absolute atomic E-state index is 12.3. The highest BCUT2D eigenvalue weighted by molar-refractivity contribution is 7.15. The Morgan fingerprint density at radius 3 is 2.84 bits per heavy atom. The number of halogens is 1. The molecule has 10 heteroatoms. The van der Waals surface area contributed by atoms with Crippen LogP contribution in [0.3, 0.4) is 0 Å². The number of hydrogen-bond donors (Lipinski definition) is 3. The Morgan fingerprint density at radius 1 is 1.44 bits per heavy atom. The topological polar surface area (TPSA) is 107 Å². The maximum atomic E-state index is 12.3. The summed E-state index contributed by atoms with van der Waals surface area (Å²) in [4.78, 5) is 21.3. The Hall–Kier alpha value is -1.71. The van der Waals surface area contributed by atoms with Crippen molar-refractivity contribution >= 4 is 34.0 Å². The van der Waals surface area contributed by atoms with Crippen LogP contribution in [0, 0.1) is 0 Å². The summed E-state index contributed by atoms with van der Waals surface area (Å²) in [6.45, 7) is 5.06. The zero-order chi connectivity index (χ0) is 18.0. The summed E-state index contributed by atoms with van der Waals surface area (Å²) in [5.41, 5.74) is 0.727. The van der Waals surface area contributed by atoms with E-state index in [2.05, 4.69) is 25.5 Å². The Bertz CT molecular complexity index is 748. The smallest absolute Gasteiger partial charge is 0.287 e. The molecule has 0 bridgehead atoms. The fourth-order valence-electron chi connectivity index (χ4n) is 2.76. The number of carbonyl (C=O) groups excluding carboxylic acids is 1. The second-order valence-electron chi connectivity index (χ2n) is 5.92. The molecule has 1 saturated heterocycles. The minimum absolute atomic E-state index is 0.174. The first kappa shape index (κ1) is 18.1. The fraction of sp³-hybridized carbons (Fsp3) is 0.600. The number of aromatic nitrogens is 4. The molecule has 25 heavy (non-hydrogen) atoms. The summed E-state index contributed by atoms with van der Waals surface area (Å²) in [6, 6.07) is -0.337.